The average Bonchev–Trinajstić information content (AvgIpc) is 2.30. The molecule has 1 heterocycles. The number of aromatic nitrogens is 1. The van der Waals surface area contributed by atoms with Gasteiger partial charge in [-0.2, -0.15) is 13.2 Å². The number of carbonyl (C=O) groups excluding carboxylic acids is 1. The van der Waals surface area contributed by atoms with Crippen LogP contribution >= 0.6 is 11.3 Å². The van der Waals surface area contributed by atoms with Gasteiger partial charge in [0.1, 0.15) is 0 Å². The van der Waals surface area contributed by atoms with Crippen molar-refractivity contribution in [3.8, 4) is 0 Å². The summed E-state index contributed by atoms with van der Waals surface area (Å²) in [4.78, 5) is 12.4. The minimum Gasteiger partial charge on any atom is -0.544 e. The Bertz CT molecular complexity index is 306. The molecule has 3 nitrogen and oxygen atoms in total. The van der Waals surface area contributed by atoms with E-state index in [0.717, 1.165) is 0 Å². The summed E-state index contributed by atoms with van der Waals surface area (Å²) in [5.74, 6) is -1.65. The Hall–Kier alpha value is -1.11. The number of carboxylic acids is 1. The van der Waals surface area contributed by atoms with Gasteiger partial charge in [0, 0.05) is 6.20 Å². The first-order chi connectivity index (χ1) is 5.41. The summed E-state index contributed by atoms with van der Waals surface area (Å²) in [5.41, 5.74) is 0. The lowest BCUT2D eigenvalue weighted by molar-refractivity contribution is -0.254. The number of nitrogens with zero attached hydrogens (tertiary/aromatic N) is 1. The predicted octanol–water partition coefficient (Wildman–Crippen LogP) is 0.525. The van der Waals surface area contributed by atoms with Crippen LogP contribution in [0.5, 0.6) is 0 Å². The maximum atomic E-state index is 11.8. The fraction of sp³-hybridized carbons (Fsp3) is 0.200. The fourth-order valence-corrected chi connectivity index (χ4v) is 1.12. The second kappa shape index (κ2) is 2.74. The molecule has 0 bridgehead atoms. The van der Waals surface area contributed by atoms with Gasteiger partial charge in [-0.15, -0.1) is 11.3 Å². The maximum Gasteiger partial charge on any atom is 0.443 e. The molecule has 1 aromatic rings. The van der Waals surface area contributed by atoms with Crippen LogP contribution in [-0.2, 0) is 6.18 Å². The van der Waals surface area contributed by atoms with Crippen molar-refractivity contribution in [3.05, 3.63) is 16.1 Å². The van der Waals surface area contributed by atoms with E-state index < -0.39 is 22.0 Å². The number of alkyl halides is 3. The molecule has 0 saturated carbocycles. The fourth-order valence-electron chi connectivity index (χ4n) is 0.500. The van der Waals surface area contributed by atoms with Crippen LogP contribution in [0.2, 0.25) is 0 Å². The van der Waals surface area contributed by atoms with E-state index in [1.807, 2.05) is 0 Å². The monoisotopic (exact) mass is 196 g/mol. The number of hydrogen-bond donors (Lipinski definition) is 0. The topological polar surface area (TPSA) is 53.0 Å². The lowest BCUT2D eigenvalue weighted by atomic mass is 10.6. The summed E-state index contributed by atoms with van der Waals surface area (Å²) >= 11 is 0.0498. The summed E-state index contributed by atoms with van der Waals surface area (Å²) < 4.78 is 35.4. The highest BCUT2D eigenvalue weighted by molar-refractivity contribution is 7.13. The van der Waals surface area contributed by atoms with Crippen molar-refractivity contribution in [2.75, 3.05) is 0 Å². The highest BCUT2D eigenvalue weighted by Gasteiger charge is 2.34. The van der Waals surface area contributed by atoms with Gasteiger partial charge in [-0.3, -0.25) is 0 Å². The molecule has 0 fully saturated rings. The van der Waals surface area contributed by atoms with Gasteiger partial charge >= 0.3 is 6.18 Å². The van der Waals surface area contributed by atoms with Gasteiger partial charge < -0.3 is 9.90 Å². The van der Waals surface area contributed by atoms with Gasteiger partial charge in [-0.1, -0.05) is 0 Å². The summed E-state index contributed by atoms with van der Waals surface area (Å²) in [7, 11) is 0. The van der Waals surface area contributed by atoms with Crippen molar-refractivity contribution in [1.82, 2.24) is 4.98 Å². The number of carbonyl (C=O) groups is 1. The first kappa shape index (κ1) is 8.98. The van der Waals surface area contributed by atoms with E-state index in [4.69, 9.17) is 0 Å². The quantitative estimate of drug-likeness (QED) is 0.658. The smallest absolute Gasteiger partial charge is 0.443 e. The molecule has 0 spiro atoms. The van der Waals surface area contributed by atoms with Crippen LogP contribution in [0.3, 0.4) is 0 Å². The summed E-state index contributed by atoms with van der Waals surface area (Å²) in [6, 6.07) is 0. The van der Waals surface area contributed by atoms with E-state index in [9.17, 15) is 23.1 Å². The molecule has 1 rings (SSSR count). The second-order valence-electron chi connectivity index (χ2n) is 1.81. The standard InChI is InChI=1S/C5H2F3NO2S/c6-5(7,8)4-9-1-2(12-4)3(10)11/h1H,(H,10,11)/p-1. The van der Waals surface area contributed by atoms with Gasteiger partial charge in [-0.25, -0.2) is 4.98 Å². The average molecular weight is 196 g/mol. The van der Waals surface area contributed by atoms with E-state index in [0.29, 0.717) is 6.20 Å². The minimum absolute atomic E-state index is 0.0498. The minimum atomic E-state index is -4.58. The highest BCUT2D eigenvalue weighted by Crippen LogP contribution is 2.31. The van der Waals surface area contributed by atoms with Crippen LogP contribution in [0, 0.1) is 0 Å². The number of rotatable bonds is 1. The normalized spacial score (nSPS) is 11.6. The van der Waals surface area contributed by atoms with Crippen LogP contribution in [0.4, 0.5) is 13.2 Å². The summed E-state index contributed by atoms with van der Waals surface area (Å²) in [6.45, 7) is 0. The van der Waals surface area contributed by atoms with Crippen molar-refractivity contribution in [2.45, 2.75) is 6.18 Å². The third-order valence-electron chi connectivity index (χ3n) is 0.949. The third kappa shape index (κ3) is 1.73. The van der Waals surface area contributed by atoms with Gasteiger partial charge in [0.15, 0.2) is 5.01 Å². The zero-order chi connectivity index (χ0) is 9.35. The van der Waals surface area contributed by atoms with Crippen molar-refractivity contribution in [3.63, 3.8) is 0 Å². The second-order valence-corrected chi connectivity index (χ2v) is 2.85. The van der Waals surface area contributed by atoms with Crippen LogP contribution in [0.15, 0.2) is 6.20 Å². The van der Waals surface area contributed by atoms with E-state index in [1.54, 1.807) is 0 Å². The molecule has 12 heavy (non-hydrogen) atoms. The number of carboxylic acid groups (broad SMARTS) is 1. The molecule has 7 heteroatoms. The van der Waals surface area contributed by atoms with E-state index in [-0.39, 0.29) is 11.3 Å². The third-order valence-corrected chi connectivity index (χ3v) is 1.97. The lowest BCUT2D eigenvalue weighted by Gasteiger charge is -1.99. The van der Waals surface area contributed by atoms with E-state index in [2.05, 4.69) is 4.98 Å². The SMILES string of the molecule is O=C([O-])c1cnc(C(F)(F)F)s1. The maximum absolute atomic E-state index is 11.8. The van der Waals surface area contributed by atoms with Gasteiger partial charge in [0.2, 0.25) is 0 Å². The number of halogens is 3. The molecule has 66 valence electrons. The van der Waals surface area contributed by atoms with Crippen molar-refractivity contribution in [1.29, 1.82) is 0 Å². The summed E-state index contributed by atoms with van der Waals surface area (Å²) in [5, 5.41) is 8.85. The lowest BCUT2D eigenvalue weighted by Crippen LogP contribution is -2.20. The van der Waals surface area contributed by atoms with Crippen LogP contribution in [-0.4, -0.2) is 11.0 Å². The molecule has 0 aliphatic rings. The molecule has 1 aromatic heterocycles. The molecule has 0 aliphatic carbocycles. The molecule has 0 atom stereocenters. The molecule has 0 aromatic carbocycles. The van der Waals surface area contributed by atoms with Crippen LogP contribution < -0.4 is 5.11 Å². The van der Waals surface area contributed by atoms with Crippen molar-refractivity contribution < 1.29 is 23.1 Å². The van der Waals surface area contributed by atoms with Crippen LogP contribution in [0.1, 0.15) is 14.7 Å². The molecule has 0 aliphatic heterocycles. The Morgan fingerprint density at radius 1 is 1.58 bits per heavy atom. The molecular weight excluding hydrogens is 195 g/mol. The highest BCUT2D eigenvalue weighted by atomic mass is 32.1. The Balaban J connectivity index is 3.00. The first-order valence-corrected chi connectivity index (χ1v) is 3.47. The number of aromatic carboxylic acids is 1. The summed E-state index contributed by atoms with van der Waals surface area (Å²) in [6.07, 6.45) is -3.96. The largest absolute Gasteiger partial charge is 0.544 e. The molecule has 0 N–H and O–H groups in total. The van der Waals surface area contributed by atoms with E-state index >= 15 is 0 Å². The Labute approximate surface area is 68.5 Å². The first-order valence-electron chi connectivity index (χ1n) is 2.65. The molecule has 0 unspecified atom stereocenters. The molecule has 0 saturated heterocycles. The van der Waals surface area contributed by atoms with Gasteiger partial charge in [-0.05, 0) is 0 Å². The zero-order valence-corrected chi connectivity index (χ0v) is 6.20. The van der Waals surface area contributed by atoms with E-state index in [1.165, 1.54) is 0 Å². The Morgan fingerprint density at radius 3 is 2.42 bits per heavy atom. The van der Waals surface area contributed by atoms with Crippen molar-refractivity contribution >= 4 is 17.3 Å². The van der Waals surface area contributed by atoms with Gasteiger partial charge in [0.05, 0.1) is 10.8 Å². The Kier molecular flexibility index (Phi) is 2.05. The van der Waals surface area contributed by atoms with Crippen LogP contribution in [0.25, 0.3) is 0 Å². The predicted molar refractivity (Wildman–Crippen MR) is 31.4 cm³/mol. The number of hydrogen-bond acceptors (Lipinski definition) is 4. The Morgan fingerprint density at radius 2 is 2.17 bits per heavy atom. The zero-order valence-electron chi connectivity index (χ0n) is 5.38. The molecular formula is C5HF3NO2S-. The van der Waals surface area contributed by atoms with Crippen molar-refractivity contribution in [2.24, 2.45) is 0 Å². The molecule has 0 radical (unpaired) electrons. The molecule has 0 amide bonds. The number of thiazole rings is 1. The van der Waals surface area contributed by atoms with Gasteiger partial charge in [0.25, 0.3) is 0 Å².